The number of ether oxygens (including phenoxy) is 1. The minimum Gasteiger partial charge on any atom is -0.497 e. The van der Waals surface area contributed by atoms with Gasteiger partial charge in [0.15, 0.2) is 0 Å². The van der Waals surface area contributed by atoms with Gasteiger partial charge in [0.1, 0.15) is 5.75 Å². The Labute approximate surface area is 101 Å². The molecule has 0 saturated heterocycles. The first-order valence-electron chi connectivity index (χ1n) is 5.81. The van der Waals surface area contributed by atoms with Crippen LogP contribution in [-0.4, -0.2) is 7.11 Å². The van der Waals surface area contributed by atoms with Crippen molar-refractivity contribution < 1.29 is 4.74 Å². The van der Waals surface area contributed by atoms with Gasteiger partial charge in [-0.15, -0.1) is 0 Å². The van der Waals surface area contributed by atoms with Crippen LogP contribution in [0, 0.1) is 0 Å². The molecule has 0 amide bonds. The van der Waals surface area contributed by atoms with Gasteiger partial charge in [0.05, 0.1) is 7.11 Å². The number of allylic oxidation sites excluding steroid dienone is 8. The molecule has 0 unspecified atom stereocenters. The van der Waals surface area contributed by atoms with Gasteiger partial charge >= 0.3 is 0 Å². The topological polar surface area (TPSA) is 9.23 Å². The van der Waals surface area contributed by atoms with Gasteiger partial charge in [-0.2, -0.15) is 0 Å². The molecule has 0 fully saturated rings. The van der Waals surface area contributed by atoms with Crippen LogP contribution in [0.15, 0.2) is 65.8 Å². The average molecular weight is 222 g/mol. The molecule has 0 N–H and O–H groups in total. The van der Waals surface area contributed by atoms with Crippen molar-refractivity contribution >= 4 is 5.57 Å². The van der Waals surface area contributed by atoms with Gasteiger partial charge in [0.2, 0.25) is 0 Å². The Balaban J connectivity index is 1.95. The molecule has 0 aliphatic heterocycles. The van der Waals surface area contributed by atoms with Gasteiger partial charge in [-0.25, -0.2) is 0 Å². The summed E-state index contributed by atoms with van der Waals surface area (Å²) in [5, 5.41) is 0. The Bertz CT molecular complexity index is 554. The summed E-state index contributed by atoms with van der Waals surface area (Å²) in [7, 11) is 1.69. The average Bonchev–Trinajstić information content (AvgIpc) is 2.83. The fraction of sp³-hybridized carbons (Fsp3) is 0.125. The number of hydrogen-bond donors (Lipinski definition) is 0. The zero-order chi connectivity index (χ0) is 11.7. The normalized spacial score (nSPS) is 17.1. The highest BCUT2D eigenvalue weighted by molar-refractivity contribution is 5.89. The van der Waals surface area contributed by atoms with E-state index in [0.717, 1.165) is 12.2 Å². The Morgan fingerprint density at radius 2 is 1.76 bits per heavy atom. The van der Waals surface area contributed by atoms with Gasteiger partial charge < -0.3 is 4.74 Å². The highest BCUT2D eigenvalue weighted by Gasteiger charge is 2.17. The highest BCUT2D eigenvalue weighted by atomic mass is 16.5. The number of hydrogen-bond acceptors (Lipinski definition) is 1. The molecule has 1 nitrogen and oxygen atoms in total. The zero-order valence-corrected chi connectivity index (χ0v) is 9.81. The van der Waals surface area contributed by atoms with E-state index in [1.165, 1.54) is 22.3 Å². The van der Waals surface area contributed by atoms with Crippen LogP contribution in [-0.2, 0) is 0 Å². The van der Waals surface area contributed by atoms with Crippen LogP contribution in [0.5, 0.6) is 5.75 Å². The Kier molecular flexibility index (Phi) is 2.45. The summed E-state index contributed by atoms with van der Waals surface area (Å²) < 4.78 is 5.18. The van der Waals surface area contributed by atoms with Crippen molar-refractivity contribution in [1.82, 2.24) is 0 Å². The lowest BCUT2D eigenvalue weighted by Crippen LogP contribution is -1.92. The second-order valence-corrected chi connectivity index (χ2v) is 4.21. The van der Waals surface area contributed by atoms with Crippen molar-refractivity contribution in [2.75, 3.05) is 7.11 Å². The number of methoxy groups -OCH3 is 1. The van der Waals surface area contributed by atoms with Crippen molar-refractivity contribution in [2.45, 2.75) is 6.42 Å². The van der Waals surface area contributed by atoms with Crippen molar-refractivity contribution in [3.05, 3.63) is 71.4 Å². The molecule has 1 aromatic rings. The summed E-state index contributed by atoms with van der Waals surface area (Å²) in [6, 6.07) is 8.24. The molecule has 0 atom stereocenters. The van der Waals surface area contributed by atoms with Crippen molar-refractivity contribution in [3.8, 4) is 5.75 Å². The van der Waals surface area contributed by atoms with Crippen LogP contribution in [0.4, 0.5) is 0 Å². The van der Waals surface area contributed by atoms with Gasteiger partial charge in [-0.1, -0.05) is 42.5 Å². The van der Waals surface area contributed by atoms with Crippen LogP contribution >= 0.6 is 0 Å². The van der Waals surface area contributed by atoms with Gasteiger partial charge in [0, 0.05) is 0 Å². The van der Waals surface area contributed by atoms with Crippen molar-refractivity contribution in [3.63, 3.8) is 0 Å². The molecule has 17 heavy (non-hydrogen) atoms. The lowest BCUT2D eigenvalue weighted by atomic mass is 9.92. The molecule has 84 valence electrons. The maximum Gasteiger partial charge on any atom is 0.118 e. The maximum absolute atomic E-state index is 5.18. The molecule has 2 aliphatic rings. The second-order valence-electron chi connectivity index (χ2n) is 4.21. The smallest absolute Gasteiger partial charge is 0.118 e. The molecule has 0 radical (unpaired) electrons. The molecule has 1 aromatic carbocycles. The summed E-state index contributed by atoms with van der Waals surface area (Å²) in [5.41, 5.74) is 5.33. The molecule has 0 heterocycles. The predicted octanol–water partition coefficient (Wildman–Crippen LogP) is 3.90. The van der Waals surface area contributed by atoms with E-state index in [1.807, 2.05) is 12.1 Å². The largest absolute Gasteiger partial charge is 0.497 e. The monoisotopic (exact) mass is 222 g/mol. The van der Waals surface area contributed by atoms with Crippen LogP contribution in [0.25, 0.3) is 5.57 Å². The second kappa shape index (κ2) is 4.10. The van der Waals surface area contributed by atoms with E-state index in [9.17, 15) is 0 Å². The summed E-state index contributed by atoms with van der Waals surface area (Å²) in [5.74, 6) is 0.901. The predicted molar refractivity (Wildman–Crippen MR) is 70.9 cm³/mol. The van der Waals surface area contributed by atoms with Crippen LogP contribution < -0.4 is 4.74 Å². The zero-order valence-electron chi connectivity index (χ0n) is 9.81. The summed E-state index contributed by atoms with van der Waals surface area (Å²) in [4.78, 5) is 0. The molecule has 1 heteroatoms. The summed E-state index contributed by atoms with van der Waals surface area (Å²) in [6.07, 6.45) is 12.0. The third-order valence-corrected chi connectivity index (χ3v) is 3.23. The SMILES string of the molecule is COc1ccc(C2=CC=C3CC=CC=C32)cc1. The first-order chi connectivity index (χ1) is 8.38. The van der Waals surface area contributed by atoms with E-state index in [2.05, 4.69) is 42.5 Å². The number of benzene rings is 1. The fourth-order valence-corrected chi connectivity index (χ4v) is 2.29. The third-order valence-electron chi connectivity index (χ3n) is 3.23. The van der Waals surface area contributed by atoms with Crippen LogP contribution in [0.1, 0.15) is 12.0 Å². The Morgan fingerprint density at radius 3 is 2.53 bits per heavy atom. The van der Waals surface area contributed by atoms with Crippen molar-refractivity contribution in [1.29, 1.82) is 0 Å². The molecule has 0 bridgehead atoms. The molecule has 0 saturated carbocycles. The maximum atomic E-state index is 5.18. The standard InChI is InChI=1S/C16H14O/c1-17-14-9-6-13(7-10-14)16-11-8-12-4-2-3-5-15(12)16/h2-3,5-11H,4H2,1H3. The quantitative estimate of drug-likeness (QED) is 0.737. The molecule has 0 aromatic heterocycles. The molecule has 3 rings (SSSR count). The summed E-state index contributed by atoms with van der Waals surface area (Å²) in [6.45, 7) is 0. The van der Waals surface area contributed by atoms with Gasteiger partial charge in [-0.3, -0.25) is 0 Å². The molecular weight excluding hydrogens is 208 g/mol. The summed E-state index contributed by atoms with van der Waals surface area (Å²) >= 11 is 0. The molecule has 0 spiro atoms. The van der Waals surface area contributed by atoms with Gasteiger partial charge in [0.25, 0.3) is 0 Å². The highest BCUT2D eigenvalue weighted by Crippen LogP contribution is 2.37. The van der Waals surface area contributed by atoms with E-state index in [-0.39, 0.29) is 0 Å². The number of fused-ring (bicyclic) bond motifs is 1. The van der Waals surface area contributed by atoms with E-state index in [4.69, 9.17) is 4.74 Å². The van der Waals surface area contributed by atoms with Crippen LogP contribution in [0.3, 0.4) is 0 Å². The van der Waals surface area contributed by atoms with Crippen molar-refractivity contribution in [2.24, 2.45) is 0 Å². The minimum absolute atomic E-state index is 0.901. The lowest BCUT2D eigenvalue weighted by Gasteiger charge is -2.12. The Morgan fingerprint density at radius 1 is 0.941 bits per heavy atom. The minimum atomic E-state index is 0.901. The Hall–Kier alpha value is -2.02. The van der Waals surface area contributed by atoms with E-state index < -0.39 is 0 Å². The number of rotatable bonds is 2. The van der Waals surface area contributed by atoms with Gasteiger partial charge in [-0.05, 0) is 40.8 Å². The van der Waals surface area contributed by atoms with E-state index >= 15 is 0 Å². The lowest BCUT2D eigenvalue weighted by molar-refractivity contribution is 0.415. The van der Waals surface area contributed by atoms with Crippen LogP contribution in [0.2, 0.25) is 0 Å². The third kappa shape index (κ3) is 1.74. The fourth-order valence-electron chi connectivity index (χ4n) is 2.29. The van der Waals surface area contributed by atoms with E-state index in [0.29, 0.717) is 0 Å². The molecule has 2 aliphatic carbocycles. The first-order valence-corrected chi connectivity index (χ1v) is 5.81. The first kappa shape index (κ1) is 10.2. The molecular formula is C16H14O. The van der Waals surface area contributed by atoms with E-state index in [1.54, 1.807) is 7.11 Å².